The van der Waals surface area contributed by atoms with Gasteiger partial charge >= 0.3 is 17.9 Å². The summed E-state index contributed by atoms with van der Waals surface area (Å²) in [4.78, 5) is 59.6. The lowest BCUT2D eigenvalue weighted by molar-refractivity contribution is 0.0314. The fraction of sp³-hybridized carbons (Fsp3) is 0.179. The van der Waals surface area contributed by atoms with Gasteiger partial charge < -0.3 is 18.9 Å². The van der Waals surface area contributed by atoms with E-state index in [2.05, 4.69) is 0 Å². The molecule has 0 unspecified atom stereocenters. The fourth-order valence-electron chi connectivity index (χ4n) is 3.06. The number of ether oxygens (including phenoxy) is 4. The van der Waals surface area contributed by atoms with Crippen LogP contribution in [0, 0.1) is 0 Å². The van der Waals surface area contributed by atoms with E-state index in [9.17, 15) is 24.0 Å². The fourth-order valence-corrected chi connectivity index (χ4v) is 3.06. The minimum atomic E-state index is -0.813. The first-order chi connectivity index (χ1) is 17.9. The van der Waals surface area contributed by atoms with E-state index in [1.54, 1.807) is 0 Å². The molecule has 0 N–H and O–H groups in total. The zero-order valence-corrected chi connectivity index (χ0v) is 20.0. The van der Waals surface area contributed by atoms with E-state index in [-0.39, 0.29) is 41.4 Å². The Balaban J connectivity index is 1.81. The van der Waals surface area contributed by atoms with Crippen LogP contribution < -0.4 is 9.47 Å². The molecule has 190 valence electrons. The molecular formula is C28H24O9. The number of carbonyl (C=O) groups excluding carboxylic acids is 5. The molecule has 3 aromatic carbocycles. The number of hydrogen-bond acceptors (Lipinski definition) is 9. The van der Waals surface area contributed by atoms with Gasteiger partial charge in [-0.3, -0.25) is 9.59 Å². The van der Waals surface area contributed by atoms with Crippen molar-refractivity contribution < 1.29 is 42.9 Å². The van der Waals surface area contributed by atoms with Gasteiger partial charge in [0.1, 0.15) is 36.2 Å². The number of rotatable bonds is 12. The number of hydrogen-bond donors (Lipinski definition) is 0. The van der Waals surface area contributed by atoms with Crippen LogP contribution in [0.5, 0.6) is 11.5 Å². The van der Waals surface area contributed by atoms with Crippen molar-refractivity contribution in [2.75, 3.05) is 19.8 Å². The Labute approximate surface area is 212 Å². The molecule has 0 saturated carbocycles. The van der Waals surface area contributed by atoms with Gasteiger partial charge in [0, 0.05) is 17.7 Å². The summed E-state index contributed by atoms with van der Waals surface area (Å²) < 4.78 is 21.3. The minimum Gasteiger partial charge on any atom is -0.460 e. The summed E-state index contributed by atoms with van der Waals surface area (Å²) in [6, 6.07) is 15.4. The third kappa shape index (κ3) is 7.68. The highest BCUT2D eigenvalue weighted by Crippen LogP contribution is 2.27. The SMILES string of the molecule is CCCOCCOC(=O)c1cc(OC(=O)c2ccc(C=O)cc2)ccc1OC(=O)c1ccc(C=O)cc1. The van der Waals surface area contributed by atoms with Crippen LogP contribution in [0.15, 0.2) is 66.7 Å². The second kappa shape index (κ2) is 13.5. The van der Waals surface area contributed by atoms with Crippen LogP contribution in [0.25, 0.3) is 0 Å². The van der Waals surface area contributed by atoms with E-state index in [1.165, 1.54) is 66.7 Å². The van der Waals surface area contributed by atoms with Crippen LogP contribution in [0.4, 0.5) is 0 Å². The monoisotopic (exact) mass is 504 g/mol. The molecule has 0 aliphatic carbocycles. The van der Waals surface area contributed by atoms with Crippen LogP contribution >= 0.6 is 0 Å². The minimum absolute atomic E-state index is 0.00813. The molecular weight excluding hydrogens is 480 g/mol. The second-order valence-electron chi connectivity index (χ2n) is 7.67. The molecule has 0 aliphatic rings. The lowest BCUT2D eigenvalue weighted by Crippen LogP contribution is -2.16. The van der Waals surface area contributed by atoms with Crippen molar-refractivity contribution >= 4 is 30.5 Å². The highest BCUT2D eigenvalue weighted by atomic mass is 16.6. The van der Waals surface area contributed by atoms with Gasteiger partial charge in [-0.1, -0.05) is 31.2 Å². The molecule has 0 saturated heterocycles. The standard InChI is InChI=1S/C28H24O9/c1-2-13-34-14-15-35-28(33)24-16-23(36-26(31)21-7-3-19(17-29)4-8-21)11-12-25(24)37-27(32)22-9-5-20(18-30)6-10-22/h3-12,16-18H,2,13-15H2,1H3. The maximum absolute atomic E-state index is 12.8. The van der Waals surface area contributed by atoms with Crippen LogP contribution in [-0.2, 0) is 9.47 Å². The molecule has 0 atom stereocenters. The first-order valence-corrected chi connectivity index (χ1v) is 11.4. The Morgan fingerprint density at radius 3 is 1.78 bits per heavy atom. The number of benzene rings is 3. The van der Waals surface area contributed by atoms with Gasteiger partial charge in [0.2, 0.25) is 0 Å². The van der Waals surface area contributed by atoms with Gasteiger partial charge in [0.15, 0.2) is 0 Å². The summed E-state index contributed by atoms with van der Waals surface area (Å²) in [5.74, 6) is -2.40. The lowest BCUT2D eigenvalue weighted by atomic mass is 10.1. The van der Waals surface area contributed by atoms with E-state index in [1.807, 2.05) is 6.92 Å². The third-order valence-corrected chi connectivity index (χ3v) is 4.96. The van der Waals surface area contributed by atoms with Crippen LogP contribution in [0.3, 0.4) is 0 Å². The largest absolute Gasteiger partial charge is 0.460 e. The van der Waals surface area contributed by atoms with Gasteiger partial charge in [-0.15, -0.1) is 0 Å². The van der Waals surface area contributed by atoms with E-state index >= 15 is 0 Å². The summed E-state index contributed by atoms with van der Waals surface area (Å²) in [5.41, 5.74) is 0.994. The normalized spacial score (nSPS) is 10.3. The Morgan fingerprint density at radius 2 is 1.24 bits per heavy atom. The van der Waals surface area contributed by atoms with Crippen molar-refractivity contribution in [3.8, 4) is 11.5 Å². The highest BCUT2D eigenvalue weighted by molar-refractivity contribution is 5.97. The Morgan fingerprint density at radius 1 is 0.676 bits per heavy atom. The van der Waals surface area contributed by atoms with Crippen LogP contribution in [0.2, 0.25) is 0 Å². The maximum Gasteiger partial charge on any atom is 0.343 e. The van der Waals surface area contributed by atoms with Crippen molar-refractivity contribution in [2.45, 2.75) is 13.3 Å². The van der Waals surface area contributed by atoms with Gasteiger partial charge in [-0.05, 0) is 48.9 Å². The van der Waals surface area contributed by atoms with Gasteiger partial charge in [-0.2, -0.15) is 0 Å². The molecule has 3 aromatic rings. The van der Waals surface area contributed by atoms with Crippen molar-refractivity contribution in [3.05, 3.63) is 94.5 Å². The van der Waals surface area contributed by atoms with Gasteiger partial charge in [0.25, 0.3) is 0 Å². The predicted molar refractivity (Wildman–Crippen MR) is 131 cm³/mol. The summed E-state index contributed by atoms with van der Waals surface area (Å²) in [6.07, 6.45) is 2.11. The van der Waals surface area contributed by atoms with Crippen LogP contribution in [0.1, 0.15) is 65.1 Å². The van der Waals surface area contributed by atoms with Crippen molar-refractivity contribution in [1.29, 1.82) is 0 Å². The molecule has 3 rings (SSSR count). The summed E-state index contributed by atoms with van der Waals surface area (Å²) in [6.45, 7) is 2.61. The number of esters is 3. The quantitative estimate of drug-likeness (QED) is 0.153. The average molecular weight is 504 g/mol. The van der Waals surface area contributed by atoms with Gasteiger partial charge in [0.05, 0.1) is 17.7 Å². The molecule has 0 heterocycles. The molecule has 0 bridgehead atoms. The van der Waals surface area contributed by atoms with Crippen molar-refractivity contribution in [3.63, 3.8) is 0 Å². The maximum atomic E-state index is 12.8. The molecule has 0 amide bonds. The van der Waals surface area contributed by atoms with Crippen molar-refractivity contribution in [2.24, 2.45) is 0 Å². The molecule has 0 fully saturated rings. The number of carbonyl (C=O) groups is 5. The first kappa shape index (κ1) is 27.0. The van der Waals surface area contributed by atoms with Crippen molar-refractivity contribution in [1.82, 2.24) is 0 Å². The van der Waals surface area contributed by atoms with E-state index < -0.39 is 17.9 Å². The van der Waals surface area contributed by atoms with E-state index in [0.29, 0.717) is 30.3 Å². The molecule has 0 aromatic heterocycles. The Kier molecular flexibility index (Phi) is 9.81. The molecule has 0 radical (unpaired) electrons. The lowest BCUT2D eigenvalue weighted by Gasteiger charge is -2.12. The third-order valence-electron chi connectivity index (χ3n) is 4.96. The molecule has 37 heavy (non-hydrogen) atoms. The molecule has 9 heteroatoms. The Bertz CT molecular complexity index is 1260. The molecule has 9 nitrogen and oxygen atoms in total. The van der Waals surface area contributed by atoms with Gasteiger partial charge in [-0.25, -0.2) is 14.4 Å². The highest BCUT2D eigenvalue weighted by Gasteiger charge is 2.20. The predicted octanol–water partition coefficient (Wildman–Crippen LogP) is 4.33. The zero-order valence-electron chi connectivity index (χ0n) is 20.0. The van der Waals surface area contributed by atoms with Crippen LogP contribution in [-0.4, -0.2) is 50.3 Å². The molecule has 0 spiro atoms. The number of aldehydes is 2. The average Bonchev–Trinajstić information content (AvgIpc) is 2.93. The molecule has 0 aliphatic heterocycles. The first-order valence-electron chi connectivity index (χ1n) is 11.4. The van der Waals surface area contributed by atoms with E-state index in [0.717, 1.165) is 6.42 Å². The summed E-state index contributed by atoms with van der Waals surface area (Å²) in [5, 5.41) is 0. The topological polar surface area (TPSA) is 122 Å². The van der Waals surface area contributed by atoms with E-state index in [4.69, 9.17) is 18.9 Å². The smallest absolute Gasteiger partial charge is 0.343 e. The zero-order chi connectivity index (χ0) is 26.6. The Hall–Kier alpha value is -4.63. The second-order valence-corrected chi connectivity index (χ2v) is 7.67. The summed E-state index contributed by atoms with van der Waals surface area (Å²) in [7, 11) is 0. The summed E-state index contributed by atoms with van der Waals surface area (Å²) >= 11 is 0.